The molecule has 1 aliphatic heterocycles. The van der Waals surface area contributed by atoms with E-state index in [0.29, 0.717) is 23.3 Å². The second kappa shape index (κ2) is 10.5. The fourth-order valence-electron chi connectivity index (χ4n) is 3.62. The van der Waals surface area contributed by atoms with Crippen LogP contribution in [0.15, 0.2) is 57.4 Å². The lowest BCUT2D eigenvalue weighted by molar-refractivity contribution is -0.141. The van der Waals surface area contributed by atoms with Crippen LogP contribution in [0.1, 0.15) is 17.5 Å². The molecule has 0 unspecified atom stereocenters. The van der Waals surface area contributed by atoms with Crippen LogP contribution >= 0.6 is 0 Å². The van der Waals surface area contributed by atoms with Crippen LogP contribution < -0.4 is 16.2 Å². The predicted molar refractivity (Wildman–Crippen MR) is 126 cm³/mol. The van der Waals surface area contributed by atoms with E-state index in [4.69, 9.17) is 21.0 Å². The molecule has 0 saturated carbocycles. The van der Waals surface area contributed by atoms with Gasteiger partial charge in [0.05, 0.1) is 11.5 Å². The molecule has 0 spiro atoms. The first-order chi connectivity index (χ1) is 16.4. The van der Waals surface area contributed by atoms with Gasteiger partial charge in [0.15, 0.2) is 9.84 Å². The van der Waals surface area contributed by atoms with E-state index in [-0.39, 0.29) is 32.1 Å². The second-order valence-corrected chi connectivity index (χ2v) is 11.7. The van der Waals surface area contributed by atoms with E-state index in [1.807, 2.05) is 0 Å². The quantitative estimate of drug-likeness (QED) is 0.167. The molecule has 35 heavy (non-hydrogen) atoms. The topological polar surface area (TPSA) is 192 Å². The highest BCUT2D eigenvalue weighted by Crippen LogP contribution is 2.33. The molecule has 0 saturated heterocycles. The Morgan fingerprint density at radius 3 is 2.40 bits per heavy atom. The number of guanidine groups is 1. The molecule has 1 atom stereocenters. The van der Waals surface area contributed by atoms with Crippen LogP contribution in [-0.4, -0.2) is 63.7 Å². The van der Waals surface area contributed by atoms with Crippen molar-refractivity contribution in [2.24, 2.45) is 16.6 Å². The Balaban J connectivity index is 1.87. The first-order valence-electron chi connectivity index (χ1n) is 10.4. The molecule has 190 valence electrons. The highest BCUT2D eigenvalue weighted by Gasteiger charge is 2.41. The van der Waals surface area contributed by atoms with Gasteiger partial charge in [-0.2, -0.15) is 4.31 Å². The van der Waals surface area contributed by atoms with Gasteiger partial charge >= 0.3 is 5.97 Å². The van der Waals surface area contributed by atoms with Gasteiger partial charge in [-0.1, -0.05) is 18.2 Å². The third-order valence-corrected chi connectivity index (χ3v) is 8.40. The van der Waals surface area contributed by atoms with Crippen LogP contribution in [0.25, 0.3) is 0 Å². The molecular formula is C21H26N4O8S2. The number of nitrogens with zero attached hydrogens (tertiary/aromatic N) is 2. The Morgan fingerprint density at radius 2 is 1.77 bits per heavy atom. The zero-order valence-corrected chi connectivity index (χ0v) is 20.5. The van der Waals surface area contributed by atoms with Gasteiger partial charge in [0, 0.05) is 25.6 Å². The lowest BCUT2D eigenvalue weighted by atomic mass is 9.95. The fourth-order valence-corrected chi connectivity index (χ4v) is 6.78. The van der Waals surface area contributed by atoms with Crippen LogP contribution in [0.4, 0.5) is 0 Å². The lowest BCUT2D eigenvalue weighted by Crippen LogP contribution is -2.48. The minimum Gasteiger partial charge on any atom is -0.493 e. The first-order valence-corrected chi connectivity index (χ1v) is 13.7. The summed E-state index contributed by atoms with van der Waals surface area (Å²) < 4.78 is 57.9. The smallest absolute Gasteiger partial charge is 0.322 e. The van der Waals surface area contributed by atoms with Gasteiger partial charge in [-0.05, 0) is 40.5 Å². The minimum atomic E-state index is -4.48. The van der Waals surface area contributed by atoms with Crippen molar-refractivity contribution in [3.05, 3.63) is 53.6 Å². The monoisotopic (exact) mass is 526 g/mol. The number of carbonyl (C=O) groups is 1. The summed E-state index contributed by atoms with van der Waals surface area (Å²) in [6, 6.07) is 8.71. The summed E-state index contributed by atoms with van der Waals surface area (Å²) in [7, 11) is -8.36. The number of sulfonamides is 1. The van der Waals surface area contributed by atoms with Crippen molar-refractivity contribution >= 4 is 31.8 Å². The molecule has 2 aromatic carbocycles. The van der Waals surface area contributed by atoms with Crippen molar-refractivity contribution in [2.75, 3.05) is 19.5 Å². The summed E-state index contributed by atoms with van der Waals surface area (Å²) in [5.74, 6) is -1.08. The van der Waals surface area contributed by atoms with Gasteiger partial charge in [-0.15, -0.1) is 0 Å². The molecule has 0 aliphatic carbocycles. The van der Waals surface area contributed by atoms with Crippen molar-refractivity contribution < 1.29 is 36.3 Å². The third-order valence-electron chi connectivity index (χ3n) is 5.20. The molecule has 0 radical (unpaired) electrons. The summed E-state index contributed by atoms with van der Waals surface area (Å²) in [5.41, 5.74) is 11.5. The Morgan fingerprint density at radius 1 is 1.09 bits per heavy atom. The first kappa shape index (κ1) is 26.2. The van der Waals surface area contributed by atoms with E-state index in [1.54, 1.807) is 18.2 Å². The summed E-state index contributed by atoms with van der Waals surface area (Å²) in [4.78, 5) is 16.0. The number of aliphatic carboxylic acids is 1. The maximum atomic E-state index is 13.5. The van der Waals surface area contributed by atoms with Crippen LogP contribution in [0.2, 0.25) is 0 Å². The highest BCUT2D eigenvalue weighted by atomic mass is 32.2. The Bertz CT molecular complexity index is 1340. The van der Waals surface area contributed by atoms with Crippen LogP contribution in [0.3, 0.4) is 0 Å². The number of hydrogen-bond acceptors (Lipinski definition) is 8. The highest BCUT2D eigenvalue weighted by molar-refractivity contribution is 7.93. The molecule has 0 fully saturated rings. The number of oxime groups is 1. The van der Waals surface area contributed by atoms with E-state index in [2.05, 4.69) is 5.16 Å². The van der Waals surface area contributed by atoms with Gasteiger partial charge in [0.25, 0.3) is 0 Å². The number of fused-ring (bicyclic) bond motifs is 1. The van der Waals surface area contributed by atoms with Crippen molar-refractivity contribution in [3.63, 3.8) is 0 Å². The molecule has 1 aliphatic rings. The van der Waals surface area contributed by atoms with E-state index in [9.17, 15) is 26.7 Å². The zero-order chi connectivity index (χ0) is 25.8. The molecule has 1 heterocycles. The van der Waals surface area contributed by atoms with Crippen LogP contribution in [0, 0.1) is 0 Å². The maximum absolute atomic E-state index is 13.5. The van der Waals surface area contributed by atoms with Gasteiger partial charge in [-0.25, -0.2) is 16.8 Å². The normalized spacial score (nSPS) is 16.2. The Labute approximate surface area is 203 Å². The largest absolute Gasteiger partial charge is 0.493 e. The fraction of sp³-hybridized carbons (Fsp3) is 0.333. The molecule has 14 heteroatoms. The maximum Gasteiger partial charge on any atom is 0.322 e. The molecule has 0 bridgehead atoms. The second-order valence-electron chi connectivity index (χ2n) is 7.81. The van der Waals surface area contributed by atoms with Crippen molar-refractivity contribution in [1.29, 1.82) is 0 Å². The number of hydrogen-bond donors (Lipinski definition) is 3. The van der Waals surface area contributed by atoms with E-state index < -0.39 is 41.7 Å². The van der Waals surface area contributed by atoms with Gasteiger partial charge in [0.2, 0.25) is 16.0 Å². The number of rotatable bonds is 10. The third kappa shape index (κ3) is 6.21. The van der Waals surface area contributed by atoms with Crippen molar-refractivity contribution in [1.82, 2.24) is 4.31 Å². The van der Waals surface area contributed by atoms with Crippen LogP contribution in [-0.2, 0) is 42.5 Å². The molecular weight excluding hydrogens is 500 g/mol. The van der Waals surface area contributed by atoms with Crippen molar-refractivity contribution in [3.8, 4) is 5.75 Å². The number of ether oxygens (including phenoxy) is 1. The van der Waals surface area contributed by atoms with Gasteiger partial charge < -0.3 is 26.1 Å². The van der Waals surface area contributed by atoms with Gasteiger partial charge in [0.1, 0.15) is 23.3 Å². The number of benzene rings is 2. The Kier molecular flexibility index (Phi) is 7.87. The number of sulfone groups is 1. The molecule has 0 amide bonds. The summed E-state index contributed by atoms with van der Waals surface area (Å²) in [5, 5.41) is 13.2. The van der Waals surface area contributed by atoms with Crippen molar-refractivity contribution in [2.45, 2.75) is 35.2 Å². The molecule has 5 N–H and O–H groups in total. The average molecular weight is 527 g/mol. The minimum absolute atomic E-state index is 0.0857. The number of nitrogens with two attached hydrogens (primary N) is 2. The molecule has 3 rings (SSSR count). The average Bonchev–Trinajstić information content (AvgIpc) is 2.79. The van der Waals surface area contributed by atoms with Gasteiger partial charge in [-0.3, -0.25) is 4.79 Å². The van der Waals surface area contributed by atoms with Crippen LogP contribution in [0.5, 0.6) is 5.75 Å². The van der Waals surface area contributed by atoms with E-state index in [1.165, 1.54) is 18.2 Å². The van der Waals surface area contributed by atoms with E-state index in [0.717, 1.165) is 16.6 Å². The summed E-state index contributed by atoms with van der Waals surface area (Å²) >= 11 is 0. The number of carboxylic acids is 1. The molecule has 0 aromatic heterocycles. The summed E-state index contributed by atoms with van der Waals surface area (Å²) in [6.07, 6.45) is 1.28. The number of carboxylic acid groups (broad SMARTS) is 1. The zero-order valence-electron chi connectivity index (χ0n) is 18.8. The Hall–Kier alpha value is -3.36. The molecule has 2 aromatic rings. The standard InChI is InChI=1S/C21H26N4O8S2/c1-34(28,29)18-5-2-3-6-19(18)35(30,31)25-13-15-11-16(32-9-4-10-33-24-21(22)23)8-7-14(15)12-17(25)20(26)27/h2-3,5-8,11,17H,4,9-10,12-13H2,1H3,(H,26,27)(H4,22,23,24)/t17-/m0/s1. The molecule has 12 nitrogen and oxygen atoms in total. The summed E-state index contributed by atoms with van der Waals surface area (Å²) in [6.45, 7) is 0.215. The lowest BCUT2D eigenvalue weighted by Gasteiger charge is -2.34. The SMILES string of the molecule is CS(=O)(=O)c1ccccc1S(=O)(=O)N1Cc2cc(OCCCON=C(N)N)ccc2C[C@H]1C(=O)O. The van der Waals surface area contributed by atoms with E-state index >= 15 is 0 Å². The predicted octanol–water partition coefficient (Wildman–Crippen LogP) is 0.264.